The van der Waals surface area contributed by atoms with Crippen molar-refractivity contribution in [3.8, 4) is 5.75 Å². The van der Waals surface area contributed by atoms with Crippen molar-refractivity contribution < 1.29 is 13.2 Å². The van der Waals surface area contributed by atoms with Crippen molar-refractivity contribution in [2.75, 3.05) is 31.2 Å². The smallest absolute Gasteiger partial charge is 0.191 e. The van der Waals surface area contributed by atoms with Gasteiger partial charge < -0.3 is 15.4 Å². The molecule has 0 bridgehead atoms. The molecule has 0 radical (unpaired) electrons. The standard InChI is InChI=1S/C19H33N3O3S/c1-6-20-19(21-12-13-26(23,24)7-2)22-16(5)17-8-10-18(11-9-17)25-14-15(3)4/h8-11,15-16H,6-7,12-14H2,1-5H3,(H2,20,21,22). The van der Waals surface area contributed by atoms with Crippen LogP contribution in [0.15, 0.2) is 29.3 Å². The zero-order valence-corrected chi connectivity index (χ0v) is 17.4. The quantitative estimate of drug-likeness (QED) is 0.480. The minimum Gasteiger partial charge on any atom is -0.493 e. The van der Waals surface area contributed by atoms with Gasteiger partial charge in [-0.2, -0.15) is 0 Å². The second kappa shape index (κ2) is 11.1. The highest BCUT2D eigenvalue weighted by atomic mass is 32.2. The molecule has 0 aliphatic carbocycles. The van der Waals surface area contributed by atoms with Gasteiger partial charge in [0.1, 0.15) is 5.75 Å². The summed E-state index contributed by atoms with van der Waals surface area (Å²) in [6, 6.07) is 8.02. The van der Waals surface area contributed by atoms with E-state index in [0.717, 1.165) is 11.3 Å². The van der Waals surface area contributed by atoms with E-state index < -0.39 is 9.84 Å². The normalized spacial score (nSPS) is 13.5. The maximum absolute atomic E-state index is 11.6. The molecule has 0 spiro atoms. The van der Waals surface area contributed by atoms with Crippen LogP contribution in [0.25, 0.3) is 0 Å². The molecule has 0 heterocycles. The van der Waals surface area contributed by atoms with Gasteiger partial charge in [0.05, 0.1) is 24.9 Å². The molecule has 0 aliphatic heterocycles. The van der Waals surface area contributed by atoms with Gasteiger partial charge in [0, 0.05) is 12.3 Å². The molecule has 0 aromatic heterocycles. The van der Waals surface area contributed by atoms with Gasteiger partial charge in [0.25, 0.3) is 0 Å². The first kappa shape index (κ1) is 22.3. The van der Waals surface area contributed by atoms with E-state index in [0.29, 0.717) is 25.0 Å². The third-order valence-electron chi connectivity index (χ3n) is 3.77. The minimum atomic E-state index is -3.00. The largest absolute Gasteiger partial charge is 0.493 e. The summed E-state index contributed by atoms with van der Waals surface area (Å²) in [6.45, 7) is 11.6. The lowest BCUT2D eigenvalue weighted by Gasteiger charge is -2.18. The predicted molar refractivity (Wildman–Crippen MR) is 109 cm³/mol. The molecule has 1 unspecified atom stereocenters. The van der Waals surface area contributed by atoms with Gasteiger partial charge >= 0.3 is 0 Å². The molecule has 6 nitrogen and oxygen atoms in total. The number of ether oxygens (including phenoxy) is 1. The van der Waals surface area contributed by atoms with Gasteiger partial charge in [-0.25, -0.2) is 8.42 Å². The molecule has 0 aliphatic rings. The number of hydrogen-bond acceptors (Lipinski definition) is 4. The summed E-state index contributed by atoms with van der Waals surface area (Å²) < 4.78 is 28.9. The molecule has 0 saturated heterocycles. The monoisotopic (exact) mass is 383 g/mol. The zero-order valence-electron chi connectivity index (χ0n) is 16.6. The average molecular weight is 384 g/mol. The van der Waals surface area contributed by atoms with Crippen LogP contribution in [0.3, 0.4) is 0 Å². The number of aliphatic imine (C=N–C) groups is 1. The molecule has 7 heteroatoms. The fourth-order valence-electron chi connectivity index (χ4n) is 2.16. The molecule has 1 aromatic rings. The van der Waals surface area contributed by atoms with E-state index in [4.69, 9.17) is 4.74 Å². The zero-order chi connectivity index (χ0) is 19.6. The van der Waals surface area contributed by atoms with Crippen molar-refractivity contribution in [1.29, 1.82) is 0 Å². The maximum Gasteiger partial charge on any atom is 0.191 e. The lowest BCUT2D eigenvalue weighted by molar-refractivity contribution is 0.271. The van der Waals surface area contributed by atoms with Crippen molar-refractivity contribution in [2.24, 2.45) is 10.9 Å². The third-order valence-corrected chi connectivity index (χ3v) is 5.46. The number of guanidine groups is 1. The second-order valence-electron chi connectivity index (χ2n) is 6.64. The van der Waals surface area contributed by atoms with Gasteiger partial charge in [0.2, 0.25) is 0 Å². The topological polar surface area (TPSA) is 79.8 Å². The number of hydrogen-bond donors (Lipinski definition) is 2. The Balaban J connectivity index is 2.67. The third kappa shape index (κ3) is 8.56. The van der Waals surface area contributed by atoms with E-state index in [2.05, 4.69) is 29.5 Å². The molecule has 1 aromatic carbocycles. The molecule has 26 heavy (non-hydrogen) atoms. The number of nitrogens with one attached hydrogen (secondary N) is 2. The first-order valence-electron chi connectivity index (χ1n) is 9.25. The van der Waals surface area contributed by atoms with E-state index in [1.807, 2.05) is 38.1 Å². The number of benzene rings is 1. The second-order valence-corrected chi connectivity index (χ2v) is 9.11. The van der Waals surface area contributed by atoms with Crippen LogP contribution < -0.4 is 15.4 Å². The van der Waals surface area contributed by atoms with Crippen molar-refractivity contribution in [2.45, 2.75) is 40.7 Å². The van der Waals surface area contributed by atoms with Crippen molar-refractivity contribution in [1.82, 2.24) is 10.6 Å². The fourth-order valence-corrected chi connectivity index (χ4v) is 2.82. The Morgan fingerprint density at radius 3 is 2.35 bits per heavy atom. The number of rotatable bonds is 10. The highest BCUT2D eigenvalue weighted by Crippen LogP contribution is 2.18. The molecule has 0 fully saturated rings. The lowest BCUT2D eigenvalue weighted by Crippen LogP contribution is -2.39. The van der Waals surface area contributed by atoms with Gasteiger partial charge in [0.15, 0.2) is 15.8 Å². The Morgan fingerprint density at radius 2 is 1.81 bits per heavy atom. The van der Waals surface area contributed by atoms with Gasteiger partial charge in [-0.15, -0.1) is 0 Å². The maximum atomic E-state index is 11.6. The first-order chi connectivity index (χ1) is 12.3. The van der Waals surface area contributed by atoms with E-state index in [9.17, 15) is 8.42 Å². The SMILES string of the molecule is CCNC(=NCCS(=O)(=O)CC)NC(C)c1ccc(OCC(C)C)cc1. The first-order valence-corrected chi connectivity index (χ1v) is 11.1. The molecule has 2 N–H and O–H groups in total. The highest BCUT2D eigenvalue weighted by Gasteiger charge is 2.10. The van der Waals surface area contributed by atoms with E-state index >= 15 is 0 Å². The Hall–Kier alpha value is -1.76. The van der Waals surface area contributed by atoms with Gasteiger partial charge in [-0.05, 0) is 37.5 Å². The number of sulfone groups is 1. The molecule has 148 valence electrons. The van der Waals surface area contributed by atoms with E-state index in [1.54, 1.807) is 6.92 Å². The van der Waals surface area contributed by atoms with Crippen LogP contribution in [-0.2, 0) is 9.84 Å². The Labute approximate surface area is 158 Å². The Bertz CT molecular complexity index is 655. The molecule has 0 amide bonds. The number of nitrogens with zero attached hydrogens (tertiary/aromatic N) is 1. The van der Waals surface area contributed by atoms with Gasteiger partial charge in [-0.3, -0.25) is 4.99 Å². The summed E-state index contributed by atoms with van der Waals surface area (Å²) in [5.74, 6) is 2.18. The lowest BCUT2D eigenvalue weighted by atomic mass is 10.1. The molecular weight excluding hydrogens is 350 g/mol. The molecule has 1 rings (SSSR count). The van der Waals surface area contributed by atoms with Crippen LogP contribution in [0, 0.1) is 5.92 Å². The fraction of sp³-hybridized carbons (Fsp3) is 0.632. The average Bonchev–Trinajstić information content (AvgIpc) is 2.60. The summed E-state index contributed by atoms with van der Waals surface area (Å²) in [5.41, 5.74) is 1.11. The Kier molecular flexibility index (Phi) is 9.48. The summed E-state index contributed by atoms with van der Waals surface area (Å²) in [6.07, 6.45) is 0. The molecule has 0 saturated carbocycles. The van der Waals surface area contributed by atoms with Crippen LogP contribution in [-0.4, -0.2) is 45.6 Å². The van der Waals surface area contributed by atoms with E-state index in [1.165, 1.54) is 0 Å². The van der Waals surface area contributed by atoms with Crippen LogP contribution in [0.5, 0.6) is 5.75 Å². The summed E-state index contributed by atoms with van der Waals surface area (Å²) >= 11 is 0. The molecular formula is C19H33N3O3S. The van der Waals surface area contributed by atoms with Crippen molar-refractivity contribution in [3.05, 3.63) is 29.8 Å². The molecule has 1 atom stereocenters. The minimum absolute atomic E-state index is 0.0368. The van der Waals surface area contributed by atoms with Gasteiger partial charge in [-0.1, -0.05) is 32.9 Å². The summed E-state index contributed by atoms with van der Waals surface area (Å²) in [4.78, 5) is 4.37. The van der Waals surface area contributed by atoms with Crippen LogP contribution in [0.4, 0.5) is 0 Å². The van der Waals surface area contributed by atoms with E-state index in [-0.39, 0.29) is 24.1 Å². The van der Waals surface area contributed by atoms with Crippen LogP contribution in [0.2, 0.25) is 0 Å². The van der Waals surface area contributed by atoms with Crippen molar-refractivity contribution in [3.63, 3.8) is 0 Å². The Morgan fingerprint density at radius 1 is 1.15 bits per heavy atom. The summed E-state index contributed by atoms with van der Waals surface area (Å²) in [5, 5.41) is 6.46. The highest BCUT2D eigenvalue weighted by molar-refractivity contribution is 7.91. The van der Waals surface area contributed by atoms with Crippen LogP contribution >= 0.6 is 0 Å². The summed E-state index contributed by atoms with van der Waals surface area (Å²) in [7, 11) is -3.00. The van der Waals surface area contributed by atoms with Crippen LogP contribution in [0.1, 0.15) is 46.2 Å². The predicted octanol–water partition coefficient (Wildman–Crippen LogP) is 2.77. The van der Waals surface area contributed by atoms with Crippen molar-refractivity contribution >= 4 is 15.8 Å².